The van der Waals surface area contributed by atoms with Crippen LogP contribution in [0.15, 0.2) is 0 Å². The number of carbonyl (C=O) groups excluding carboxylic acids is 1. The van der Waals surface area contributed by atoms with Crippen molar-refractivity contribution in [1.29, 1.82) is 0 Å². The Morgan fingerprint density at radius 2 is 2.55 bits per heavy atom. The molecule has 0 radical (unpaired) electrons. The second-order valence-corrected chi connectivity index (χ2v) is 2.80. The van der Waals surface area contributed by atoms with E-state index in [0.29, 0.717) is 19.1 Å². The maximum absolute atomic E-state index is 10.9. The van der Waals surface area contributed by atoms with Gasteiger partial charge in [-0.05, 0) is 26.3 Å². The first-order valence-corrected chi connectivity index (χ1v) is 4.22. The van der Waals surface area contributed by atoms with E-state index in [1.165, 1.54) is 6.42 Å². The Bertz CT molecular complexity index is 130. The molecule has 0 spiro atoms. The third kappa shape index (κ3) is 2.89. The quantitative estimate of drug-likeness (QED) is 0.612. The van der Waals surface area contributed by atoms with Crippen LogP contribution in [-0.4, -0.2) is 25.2 Å². The van der Waals surface area contributed by atoms with Crippen LogP contribution in [0.1, 0.15) is 26.2 Å². The molecule has 1 N–H and O–H groups in total. The van der Waals surface area contributed by atoms with Gasteiger partial charge in [0, 0.05) is 6.04 Å². The topological polar surface area (TPSA) is 38.3 Å². The highest BCUT2D eigenvalue weighted by Gasteiger charge is 2.17. The number of esters is 1. The average Bonchev–Trinajstić information content (AvgIpc) is 2.40. The maximum atomic E-state index is 10.9. The first-order valence-electron chi connectivity index (χ1n) is 4.22. The average molecular weight is 157 g/mol. The molecule has 1 fully saturated rings. The van der Waals surface area contributed by atoms with Gasteiger partial charge in [0.1, 0.15) is 0 Å². The fraction of sp³-hybridized carbons (Fsp3) is 0.875. The van der Waals surface area contributed by atoms with Gasteiger partial charge in [0.2, 0.25) is 0 Å². The van der Waals surface area contributed by atoms with E-state index in [1.807, 2.05) is 6.92 Å². The van der Waals surface area contributed by atoms with Crippen molar-refractivity contribution in [2.75, 3.05) is 13.2 Å². The largest absolute Gasteiger partial charge is 0.466 e. The SMILES string of the molecule is CCOC(=O)C[C@@H]1CCCN1. The van der Waals surface area contributed by atoms with E-state index in [4.69, 9.17) is 4.74 Å². The van der Waals surface area contributed by atoms with Crippen LogP contribution in [0, 0.1) is 0 Å². The molecule has 0 aromatic carbocycles. The number of ether oxygens (including phenoxy) is 1. The molecule has 3 nitrogen and oxygen atoms in total. The number of rotatable bonds is 3. The molecule has 64 valence electrons. The zero-order valence-electron chi connectivity index (χ0n) is 6.93. The monoisotopic (exact) mass is 157 g/mol. The molecule has 0 aliphatic carbocycles. The number of nitrogens with one attached hydrogen (secondary N) is 1. The van der Waals surface area contributed by atoms with Gasteiger partial charge in [-0.25, -0.2) is 0 Å². The van der Waals surface area contributed by atoms with Gasteiger partial charge in [-0.2, -0.15) is 0 Å². The van der Waals surface area contributed by atoms with Crippen molar-refractivity contribution in [3.63, 3.8) is 0 Å². The minimum absolute atomic E-state index is 0.0769. The van der Waals surface area contributed by atoms with E-state index in [0.717, 1.165) is 13.0 Å². The van der Waals surface area contributed by atoms with Crippen molar-refractivity contribution >= 4 is 5.97 Å². The molecule has 3 heteroatoms. The summed E-state index contributed by atoms with van der Waals surface area (Å²) >= 11 is 0. The molecule has 0 aromatic rings. The molecule has 0 unspecified atom stereocenters. The summed E-state index contributed by atoms with van der Waals surface area (Å²) in [5.74, 6) is -0.0769. The lowest BCUT2D eigenvalue weighted by Gasteiger charge is -2.07. The fourth-order valence-corrected chi connectivity index (χ4v) is 1.35. The summed E-state index contributed by atoms with van der Waals surface area (Å²) < 4.78 is 4.82. The van der Waals surface area contributed by atoms with Gasteiger partial charge >= 0.3 is 5.97 Å². The number of hydrogen-bond acceptors (Lipinski definition) is 3. The van der Waals surface area contributed by atoms with Gasteiger partial charge in [0.25, 0.3) is 0 Å². The molecule has 1 atom stereocenters. The summed E-state index contributed by atoms with van der Waals surface area (Å²) in [5.41, 5.74) is 0. The summed E-state index contributed by atoms with van der Waals surface area (Å²) in [7, 11) is 0. The minimum Gasteiger partial charge on any atom is -0.466 e. The predicted molar refractivity (Wildman–Crippen MR) is 42.3 cm³/mol. The zero-order valence-corrected chi connectivity index (χ0v) is 6.93. The highest BCUT2D eigenvalue weighted by Crippen LogP contribution is 2.08. The van der Waals surface area contributed by atoms with Gasteiger partial charge in [0.15, 0.2) is 0 Å². The molecule has 1 heterocycles. The van der Waals surface area contributed by atoms with Crippen LogP contribution in [0.2, 0.25) is 0 Å². The molecule has 1 saturated heterocycles. The minimum atomic E-state index is -0.0769. The molecule has 0 aromatic heterocycles. The van der Waals surface area contributed by atoms with Gasteiger partial charge in [-0.3, -0.25) is 4.79 Å². The predicted octanol–water partition coefficient (Wildman–Crippen LogP) is 0.692. The summed E-state index contributed by atoms with van der Waals surface area (Å²) in [6.45, 7) is 3.37. The molecule has 11 heavy (non-hydrogen) atoms. The zero-order chi connectivity index (χ0) is 8.10. The molecule has 1 aliphatic heterocycles. The second-order valence-electron chi connectivity index (χ2n) is 2.80. The first kappa shape index (κ1) is 8.53. The van der Waals surface area contributed by atoms with E-state index in [2.05, 4.69) is 5.32 Å². The van der Waals surface area contributed by atoms with E-state index < -0.39 is 0 Å². The second kappa shape index (κ2) is 4.34. The molecule has 1 rings (SSSR count). The fourth-order valence-electron chi connectivity index (χ4n) is 1.35. The van der Waals surface area contributed by atoms with Gasteiger partial charge in [-0.15, -0.1) is 0 Å². The van der Waals surface area contributed by atoms with Crippen molar-refractivity contribution in [2.45, 2.75) is 32.2 Å². The lowest BCUT2D eigenvalue weighted by molar-refractivity contribution is -0.143. The standard InChI is InChI=1S/C8H15NO2/c1-2-11-8(10)6-7-4-3-5-9-7/h7,9H,2-6H2,1H3/t7-/m0/s1. The van der Waals surface area contributed by atoms with E-state index in [9.17, 15) is 4.79 Å². The lowest BCUT2D eigenvalue weighted by Crippen LogP contribution is -2.25. The van der Waals surface area contributed by atoms with Crippen molar-refractivity contribution in [1.82, 2.24) is 5.32 Å². The van der Waals surface area contributed by atoms with Crippen LogP contribution in [0.5, 0.6) is 0 Å². The van der Waals surface area contributed by atoms with Crippen LogP contribution in [0.4, 0.5) is 0 Å². The Labute approximate surface area is 67.1 Å². The van der Waals surface area contributed by atoms with E-state index in [1.54, 1.807) is 0 Å². The Balaban J connectivity index is 2.13. The van der Waals surface area contributed by atoms with Gasteiger partial charge < -0.3 is 10.1 Å². The molecule has 0 bridgehead atoms. The van der Waals surface area contributed by atoms with E-state index in [-0.39, 0.29) is 5.97 Å². The normalized spacial score (nSPS) is 23.5. The maximum Gasteiger partial charge on any atom is 0.307 e. The van der Waals surface area contributed by atoms with Crippen molar-refractivity contribution in [3.8, 4) is 0 Å². The van der Waals surface area contributed by atoms with Crippen LogP contribution in [0.3, 0.4) is 0 Å². The lowest BCUT2D eigenvalue weighted by atomic mass is 10.2. The molecule has 0 amide bonds. The van der Waals surface area contributed by atoms with Crippen LogP contribution >= 0.6 is 0 Å². The van der Waals surface area contributed by atoms with E-state index >= 15 is 0 Å². The van der Waals surface area contributed by atoms with Crippen molar-refractivity contribution < 1.29 is 9.53 Å². The summed E-state index contributed by atoms with van der Waals surface area (Å²) in [6, 6.07) is 0.369. The van der Waals surface area contributed by atoms with Crippen molar-refractivity contribution in [2.24, 2.45) is 0 Å². The summed E-state index contributed by atoms with van der Waals surface area (Å²) in [6.07, 6.45) is 2.83. The highest BCUT2D eigenvalue weighted by atomic mass is 16.5. The summed E-state index contributed by atoms with van der Waals surface area (Å²) in [4.78, 5) is 10.9. The van der Waals surface area contributed by atoms with Gasteiger partial charge in [0.05, 0.1) is 13.0 Å². The highest BCUT2D eigenvalue weighted by molar-refractivity contribution is 5.70. The molecular weight excluding hydrogens is 142 g/mol. The Morgan fingerprint density at radius 1 is 1.73 bits per heavy atom. The number of hydrogen-bond donors (Lipinski definition) is 1. The molecule has 1 aliphatic rings. The Morgan fingerprint density at radius 3 is 3.09 bits per heavy atom. The van der Waals surface area contributed by atoms with Crippen molar-refractivity contribution in [3.05, 3.63) is 0 Å². The third-order valence-corrected chi connectivity index (χ3v) is 1.88. The number of carbonyl (C=O) groups is 1. The Kier molecular flexibility index (Phi) is 3.36. The molecular formula is C8H15NO2. The first-order chi connectivity index (χ1) is 5.33. The van der Waals surface area contributed by atoms with Crippen LogP contribution < -0.4 is 5.32 Å². The Hall–Kier alpha value is -0.570. The van der Waals surface area contributed by atoms with Gasteiger partial charge in [-0.1, -0.05) is 0 Å². The third-order valence-electron chi connectivity index (χ3n) is 1.88. The van der Waals surface area contributed by atoms with Crippen LogP contribution in [-0.2, 0) is 9.53 Å². The summed E-state index contributed by atoms with van der Waals surface area (Å²) in [5, 5.41) is 3.25. The smallest absolute Gasteiger partial charge is 0.307 e. The molecule has 0 saturated carbocycles. The van der Waals surface area contributed by atoms with Crippen LogP contribution in [0.25, 0.3) is 0 Å².